The van der Waals surface area contributed by atoms with Crippen LogP contribution in [0, 0.1) is 11.7 Å². The van der Waals surface area contributed by atoms with E-state index in [1.165, 1.54) is 36.2 Å². The summed E-state index contributed by atoms with van der Waals surface area (Å²) in [6.07, 6.45) is 6.89. The number of halogens is 1. The highest BCUT2D eigenvalue weighted by Crippen LogP contribution is 2.34. The van der Waals surface area contributed by atoms with Crippen molar-refractivity contribution < 1.29 is 18.7 Å². The molecule has 1 saturated heterocycles. The van der Waals surface area contributed by atoms with Crippen LogP contribution in [0.4, 0.5) is 4.39 Å². The number of aryl methyl sites for hydroxylation is 1. The minimum atomic E-state index is -0.243. The number of esters is 1. The standard InChI is InChI=1S/C30H33FN2O3/c1-2-36-30(35)23-16-18-32(19-17-23)29(34)22-10-14-26(15-11-22)33-27-7-5-3-4-6-24(27)20-28(33)21-8-12-25(31)13-9-21/h8-15,20,23H,2-7,16-19H2,1H3. The van der Waals surface area contributed by atoms with Crippen LogP contribution in [0.15, 0.2) is 54.6 Å². The second-order valence-electron chi connectivity index (χ2n) is 9.77. The van der Waals surface area contributed by atoms with Gasteiger partial charge in [-0.05, 0) is 111 Å². The molecule has 1 fully saturated rings. The summed E-state index contributed by atoms with van der Waals surface area (Å²) in [5.41, 5.74) is 6.37. The normalized spacial score (nSPS) is 16.3. The summed E-state index contributed by atoms with van der Waals surface area (Å²) >= 11 is 0. The first kappa shape index (κ1) is 24.3. The average Bonchev–Trinajstić information content (AvgIpc) is 3.11. The third-order valence-electron chi connectivity index (χ3n) is 7.47. The fourth-order valence-electron chi connectivity index (χ4n) is 5.52. The maximum atomic E-state index is 13.6. The number of aromatic nitrogens is 1. The SMILES string of the molecule is CCOC(=O)C1CCN(C(=O)c2ccc(-n3c(-c4ccc(F)cc4)cc4c3CCCCC4)cc2)CC1. The zero-order chi connectivity index (χ0) is 25.1. The van der Waals surface area contributed by atoms with Crippen molar-refractivity contribution in [2.24, 2.45) is 5.92 Å². The van der Waals surface area contributed by atoms with Crippen molar-refractivity contribution >= 4 is 11.9 Å². The number of rotatable bonds is 5. The lowest BCUT2D eigenvalue weighted by Gasteiger charge is -2.31. The van der Waals surface area contributed by atoms with Crippen LogP contribution in [-0.4, -0.2) is 41.0 Å². The van der Waals surface area contributed by atoms with Crippen LogP contribution < -0.4 is 0 Å². The maximum Gasteiger partial charge on any atom is 0.309 e. The largest absolute Gasteiger partial charge is 0.466 e. The summed E-state index contributed by atoms with van der Waals surface area (Å²) in [5.74, 6) is -0.524. The lowest BCUT2D eigenvalue weighted by Crippen LogP contribution is -2.40. The van der Waals surface area contributed by atoms with Gasteiger partial charge in [-0.15, -0.1) is 0 Å². The van der Waals surface area contributed by atoms with E-state index in [4.69, 9.17) is 4.74 Å². The lowest BCUT2D eigenvalue weighted by molar-refractivity contribution is -0.149. The molecule has 2 aromatic carbocycles. The van der Waals surface area contributed by atoms with Gasteiger partial charge in [0.1, 0.15) is 5.82 Å². The summed E-state index contributed by atoms with van der Waals surface area (Å²) < 4.78 is 21.0. The number of ether oxygens (including phenoxy) is 1. The fourth-order valence-corrected chi connectivity index (χ4v) is 5.52. The molecule has 3 aromatic rings. The Bertz CT molecular complexity index is 1220. The summed E-state index contributed by atoms with van der Waals surface area (Å²) in [6.45, 7) is 3.32. The van der Waals surface area contributed by atoms with Crippen molar-refractivity contribution in [3.63, 3.8) is 0 Å². The molecular formula is C30H33FN2O3. The Morgan fingerprint density at radius 2 is 1.64 bits per heavy atom. The molecule has 36 heavy (non-hydrogen) atoms. The molecular weight excluding hydrogens is 455 g/mol. The lowest BCUT2D eigenvalue weighted by atomic mass is 9.96. The van der Waals surface area contributed by atoms with E-state index in [0.29, 0.717) is 38.1 Å². The molecule has 5 rings (SSSR count). The third kappa shape index (κ3) is 4.95. The number of hydrogen-bond donors (Lipinski definition) is 0. The number of benzene rings is 2. The Kier molecular flexibility index (Phi) is 7.21. The Balaban J connectivity index is 1.39. The molecule has 0 atom stereocenters. The zero-order valence-electron chi connectivity index (χ0n) is 20.8. The average molecular weight is 489 g/mol. The molecule has 1 aromatic heterocycles. The topological polar surface area (TPSA) is 51.5 Å². The highest BCUT2D eigenvalue weighted by molar-refractivity contribution is 5.94. The molecule has 0 N–H and O–H groups in total. The molecule has 0 bridgehead atoms. The van der Waals surface area contributed by atoms with Crippen LogP contribution in [-0.2, 0) is 22.4 Å². The van der Waals surface area contributed by atoms with Gasteiger partial charge in [0.2, 0.25) is 0 Å². The fraction of sp³-hybridized carbons (Fsp3) is 0.400. The molecule has 6 heteroatoms. The van der Waals surface area contributed by atoms with Gasteiger partial charge in [0.05, 0.1) is 18.2 Å². The van der Waals surface area contributed by atoms with Crippen LogP contribution in [0.25, 0.3) is 16.9 Å². The number of likely N-dealkylation sites (tertiary alicyclic amines) is 1. The van der Waals surface area contributed by atoms with Gasteiger partial charge in [0, 0.05) is 30.0 Å². The second-order valence-corrected chi connectivity index (χ2v) is 9.77. The third-order valence-corrected chi connectivity index (χ3v) is 7.47. The van der Waals surface area contributed by atoms with Gasteiger partial charge in [0.25, 0.3) is 5.91 Å². The Morgan fingerprint density at radius 3 is 2.33 bits per heavy atom. The minimum absolute atomic E-state index is 0.00560. The number of nitrogens with zero attached hydrogens (tertiary/aromatic N) is 2. The van der Waals surface area contributed by atoms with Crippen LogP contribution in [0.1, 0.15) is 60.6 Å². The molecule has 0 saturated carbocycles. The van der Waals surface area contributed by atoms with Crippen LogP contribution in [0.5, 0.6) is 0 Å². The first-order chi connectivity index (χ1) is 17.5. The van der Waals surface area contributed by atoms with Gasteiger partial charge in [-0.1, -0.05) is 6.42 Å². The van der Waals surface area contributed by atoms with E-state index >= 15 is 0 Å². The van der Waals surface area contributed by atoms with E-state index in [1.54, 1.807) is 0 Å². The maximum absolute atomic E-state index is 13.6. The van der Waals surface area contributed by atoms with Crippen molar-refractivity contribution in [3.8, 4) is 16.9 Å². The van der Waals surface area contributed by atoms with Crippen molar-refractivity contribution in [2.45, 2.75) is 51.9 Å². The Morgan fingerprint density at radius 1 is 0.944 bits per heavy atom. The monoisotopic (exact) mass is 488 g/mol. The number of piperidine rings is 1. The summed E-state index contributed by atoms with van der Waals surface area (Å²) in [4.78, 5) is 27.0. The summed E-state index contributed by atoms with van der Waals surface area (Å²) in [5, 5.41) is 0. The summed E-state index contributed by atoms with van der Waals surface area (Å²) in [6, 6.07) is 16.7. The van der Waals surface area contributed by atoms with E-state index in [2.05, 4.69) is 10.6 Å². The quantitative estimate of drug-likeness (QED) is 0.329. The van der Waals surface area contributed by atoms with Gasteiger partial charge in [-0.25, -0.2) is 4.39 Å². The Labute approximate surface area is 211 Å². The molecule has 1 amide bonds. The van der Waals surface area contributed by atoms with Gasteiger partial charge in [-0.3, -0.25) is 9.59 Å². The highest BCUT2D eigenvalue weighted by Gasteiger charge is 2.29. The molecule has 1 aliphatic heterocycles. The van der Waals surface area contributed by atoms with Crippen LogP contribution >= 0.6 is 0 Å². The predicted molar refractivity (Wildman–Crippen MR) is 138 cm³/mol. The predicted octanol–water partition coefficient (Wildman–Crippen LogP) is 5.97. The molecule has 188 valence electrons. The van der Waals surface area contributed by atoms with E-state index in [-0.39, 0.29) is 23.6 Å². The number of carbonyl (C=O) groups is 2. The first-order valence-corrected chi connectivity index (χ1v) is 13.1. The van der Waals surface area contributed by atoms with Crippen molar-refractivity contribution in [1.29, 1.82) is 0 Å². The molecule has 1 aliphatic carbocycles. The van der Waals surface area contributed by atoms with Gasteiger partial charge in [-0.2, -0.15) is 0 Å². The smallest absolute Gasteiger partial charge is 0.309 e. The van der Waals surface area contributed by atoms with E-state index < -0.39 is 0 Å². The number of hydrogen-bond acceptors (Lipinski definition) is 3. The second kappa shape index (κ2) is 10.7. The van der Waals surface area contributed by atoms with Gasteiger partial charge >= 0.3 is 5.97 Å². The number of carbonyl (C=O) groups excluding carboxylic acids is 2. The van der Waals surface area contributed by atoms with Crippen molar-refractivity contribution in [1.82, 2.24) is 9.47 Å². The molecule has 5 nitrogen and oxygen atoms in total. The van der Waals surface area contributed by atoms with Gasteiger partial charge in [0.15, 0.2) is 0 Å². The number of amides is 1. The zero-order valence-corrected chi connectivity index (χ0v) is 20.8. The van der Waals surface area contributed by atoms with Crippen molar-refractivity contribution in [2.75, 3.05) is 19.7 Å². The van der Waals surface area contributed by atoms with E-state index in [0.717, 1.165) is 36.2 Å². The molecule has 0 unspecified atom stereocenters. The molecule has 0 radical (unpaired) electrons. The van der Waals surface area contributed by atoms with Crippen molar-refractivity contribution in [3.05, 3.63) is 77.2 Å². The van der Waals surface area contributed by atoms with E-state index in [9.17, 15) is 14.0 Å². The van der Waals surface area contributed by atoms with Crippen LogP contribution in [0.2, 0.25) is 0 Å². The summed E-state index contributed by atoms with van der Waals surface area (Å²) in [7, 11) is 0. The van der Waals surface area contributed by atoms with Gasteiger partial charge < -0.3 is 14.2 Å². The van der Waals surface area contributed by atoms with E-state index in [1.807, 2.05) is 48.2 Å². The number of fused-ring (bicyclic) bond motifs is 1. The molecule has 2 heterocycles. The minimum Gasteiger partial charge on any atom is -0.466 e. The Hall–Kier alpha value is -3.41. The highest BCUT2D eigenvalue weighted by atomic mass is 19.1. The molecule has 0 spiro atoms. The first-order valence-electron chi connectivity index (χ1n) is 13.1. The molecule has 2 aliphatic rings. The van der Waals surface area contributed by atoms with Crippen LogP contribution in [0.3, 0.4) is 0 Å².